The second-order valence-corrected chi connectivity index (χ2v) is 4.77. The van der Waals surface area contributed by atoms with Crippen LogP contribution in [-0.4, -0.2) is 26.4 Å². The molecule has 0 heterocycles. The Hall–Kier alpha value is -1.58. The number of halogens is 1. The number of nitrogens with one attached hydrogen (secondary N) is 1. The molecule has 1 aromatic rings. The van der Waals surface area contributed by atoms with Gasteiger partial charge in [-0.15, -0.1) is 0 Å². The minimum atomic E-state index is -3.44. The van der Waals surface area contributed by atoms with Gasteiger partial charge in [-0.25, -0.2) is 12.8 Å². The molecule has 0 amide bonds. The van der Waals surface area contributed by atoms with E-state index in [0.717, 1.165) is 18.4 Å². The summed E-state index contributed by atoms with van der Waals surface area (Å²) < 4.78 is 37.1. The van der Waals surface area contributed by atoms with E-state index in [0.29, 0.717) is 0 Å². The number of hydrogen-bond donors (Lipinski definition) is 2. The van der Waals surface area contributed by atoms with E-state index < -0.39 is 15.8 Å². The maximum absolute atomic E-state index is 12.9. The fourth-order valence-corrected chi connectivity index (χ4v) is 1.62. The Bertz CT molecular complexity index is 543. The lowest BCUT2D eigenvalue weighted by Gasteiger charge is -2.06. The van der Waals surface area contributed by atoms with Crippen molar-refractivity contribution in [3.63, 3.8) is 0 Å². The predicted molar refractivity (Wildman–Crippen MR) is 58.8 cm³/mol. The maximum atomic E-state index is 12.9. The van der Waals surface area contributed by atoms with Crippen molar-refractivity contribution in [2.24, 2.45) is 0 Å². The Kier molecular flexibility index (Phi) is 3.88. The Balaban J connectivity index is 3.17. The molecule has 4 nitrogen and oxygen atoms in total. The number of anilines is 1. The number of sulfonamides is 1. The first-order valence-corrected chi connectivity index (χ1v) is 6.18. The molecule has 16 heavy (non-hydrogen) atoms. The molecular formula is C10H10FNO3S. The summed E-state index contributed by atoms with van der Waals surface area (Å²) in [5, 5.41) is 8.51. The molecule has 0 unspecified atom stereocenters. The quantitative estimate of drug-likeness (QED) is 0.745. The fraction of sp³-hybridized carbons (Fsp3) is 0.200. The van der Waals surface area contributed by atoms with Gasteiger partial charge in [0.05, 0.1) is 17.5 Å². The molecule has 0 spiro atoms. The lowest BCUT2D eigenvalue weighted by molar-refractivity contribution is 0.350. The molecule has 0 aromatic heterocycles. The molecule has 0 saturated heterocycles. The molecule has 0 atom stereocenters. The van der Waals surface area contributed by atoms with Crippen molar-refractivity contribution in [1.29, 1.82) is 0 Å². The highest BCUT2D eigenvalue weighted by Gasteiger charge is 2.06. The molecule has 0 bridgehead atoms. The van der Waals surface area contributed by atoms with Crippen molar-refractivity contribution in [3.05, 3.63) is 29.6 Å². The van der Waals surface area contributed by atoms with Crippen molar-refractivity contribution in [1.82, 2.24) is 0 Å². The summed E-state index contributed by atoms with van der Waals surface area (Å²) in [5.74, 6) is 4.25. The smallest absolute Gasteiger partial charge is 0.229 e. The van der Waals surface area contributed by atoms with Crippen LogP contribution in [0.4, 0.5) is 10.1 Å². The van der Waals surface area contributed by atoms with E-state index in [1.54, 1.807) is 0 Å². The van der Waals surface area contributed by atoms with Gasteiger partial charge < -0.3 is 5.11 Å². The zero-order valence-electron chi connectivity index (χ0n) is 8.49. The Morgan fingerprint density at radius 1 is 1.50 bits per heavy atom. The van der Waals surface area contributed by atoms with Crippen LogP contribution in [0.2, 0.25) is 0 Å². The van der Waals surface area contributed by atoms with Crippen LogP contribution in [0.15, 0.2) is 18.2 Å². The van der Waals surface area contributed by atoms with E-state index in [4.69, 9.17) is 5.11 Å². The highest BCUT2D eigenvalue weighted by molar-refractivity contribution is 7.92. The van der Waals surface area contributed by atoms with E-state index >= 15 is 0 Å². The number of rotatable bonds is 2. The summed E-state index contributed by atoms with van der Waals surface area (Å²) in [5.41, 5.74) is 0.365. The lowest BCUT2D eigenvalue weighted by atomic mass is 10.2. The van der Waals surface area contributed by atoms with E-state index in [9.17, 15) is 12.8 Å². The van der Waals surface area contributed by atoms with E-state index in [1.165, 1.54) is 6.07 Å². The van der Waals surface area contributed by atoms with E-state index in [-0.39, 0.29) is 17.9 Å². The average molecular weight is 243 g/mol. The molecule has 0 saturated carbocycles. The van der Waals surface area contributed by atoms with Crippen LogP contribution < -0.4 is 4.72 Å². The van der Waals surface area contributed by atoms with Crippen molar-refractivity contribution in [2.75, 3.05) is 17.6 Å². The van der Waals surface area contributed by atoms with Gasteiger partial charge in [-0.3, -0.25) is 4.72 Å². The van der Waals surface area contributed by atoms with E-state index in [1.807, 2.05) is 0 Å². The van der Waals surface area contributed by atoms with Gasteiger partial charge in [0.25, 0.3) is 0 Å². The number of aliphatic hydroxyl groups is 1. The van der Waals surface area contributed by atoms with Crippen molar-refractivity contribution >= 4 is 15.7 Å². The zero-order chi connectivity index (χ0) is 12.2. The Morgan fingerprint density at radius 3 is 2.75 bits per heavy atom. The first-order chi connectivity index (χ1) is 7.42. The topological polar surface area (TPSA) is 66.4 Å². The third-order valence-corrected chi connectivity index (χ3v) is 2.17. The Morgan fingerprint density at radius 2 is 2.19 bits per heavy atom. The SMILES string of the molecule is CS(=O)(=O)Nc1ccc(F)cc1C#CCO. The van der Waals surface area contributed by atoms with Crippen molar-refractivity contribution in [2.45, 2.75) is 0 Å². The van der Waals surface area contributed by atoms with Crippen LogP contribution in [-0.2, 0) is 10.0 Å². The van der Waals surface area contributed by atoms with Gasteiger partial charge in [0.2, 0.25) is 10.0 Å². The molecule has 0 radical (unpaired) electrons. The summed E-state index contributed by atoms with van der Waals surface area (Å²) in [6, 6.07) is 3.49. The van der Waals surface area contributed by atoms with Gasteiger partial charge >= 0.3 is 0 Å². The lowest BCUT2D eigenvalue weighted by Crippen LogP contribution is -2.10. The molecule has 86 valence electrons. The maximum Gasteiger partial charge on any atom is 0.229 e. The highest BCUT2D eigenvalue weighted by Crippen LogP contribution is 2.16. The molecule has 0 aliphatic carbocycles. The van der Waals surface area contributed by atoms with Gasteiger partial charge in [-0.2, -0.15) is 0 Å². The second-order valence-electron chi connectivity index (χ2n) is 3.02. The van der Waals surface area contributed by atoms with Crippen molar-refractivity contribution < 1.29 is 17.9 Å². The fourth-order valence-electron chi connectivity index (χ4n) is 1.04. The summed E-state index contributed by atoms with van der Waals surface area (Å²) >= 11 is 0. The number of aliphatic hydroxyl groups excluding tert-OH is 1. The molecule has 0 aliphatic rings. The number of benzene rings is 1. The van der Waals surface area contributed by atoms with Gasteiger partial charge in [0.1, 0.15) is 12.4 Å². The molecular weight excluding hydrogens is 233 g/mol. The van der Waals surface area contributed by atoms with E-state index in [2.05, 4.69) is 16.6 Å². The molecule has 1 aromatic carbocycles. The van der Waals surface area contributed by atoms with Gasteiger partial charge in [-0.05, 0) is 18.2 Å². The minimum absolute atomic E-state index is 0.180. The third-order valence-electron chi connectivity index (χ3n) is 1.58. The van der Waals surface area contributed by atoms with Crippen LogP contribution in [0.25, 0.3) is 0 Å². The molecule has 0 aliphatic heterocycles. The van der Waals surface area contributed by atoms with Crippen LogP contribution >= 0.6 is 0 Å². The Labute approximate surface area is 93.2 Å². The van der Waals surface area contributed by atoms with Gasteiger partial charge in [-0.1, -0.05) is 11.8 Å². The van der Waals surface area contributed by atoms with Crippen LogP contribution in [0.3, 0.4) is 0 Å². The average Bonchev–Trinajstić information content (AvgIpc) is 2.16. The molecule has 0 fully saturated rings. The predicted octanol–water partition coefficient (Wildman–Crippen LogP) is 0.541. The second kappa shape index (κ2) is 4.96. The first kappa shape index (κ1) is 12.5. The van der Waals surface area contributed by atoms with Crippen molar-refractivity contribution in [3.8, 4) is 11.8 Å². The summed E-state index contributed by atoms with van der Waals surface area (Å²) in [6.45, 7) is -0.380. The van der Waals surface area contributed by atoms with Crippen LogP contribution in [0.5, 0.6) is 0 Å². The van der Waals surface area contributed by atoms with Gasteiger partial charge in [0, 0.05) is 0 Å². The van der Waals surface area contributed by atoms with Crippen LogP contribution in [0, 0.1) is 17.7 Å². The summed E-state index contributed by atoms with van der Waals surface area (Å²) in [6.07, 6.45) is 0.986. The minimum Gasteiger partial charge on any atom is -0.384 e. The third kappa shape index (κ3) is 3.88. The molecule has 6 heteroatoms. The monoisotopic (exact) mass is 243 g/mol. The van der Waals surface area contributed by atoms with Crippen LogP contribution in [0.1, 0.15) is 5.56 Å². The zero-order valence-corrected chi connectivity index (χ0v) is 9.31. The molecule has 2 N–H and O–H groups in total. The normalized spacial score (nSPS) is 10.4. The summed E-state index contributed by atoms with van der Waals surface area (Å²) in [4.78, 5) is 0. The number of hydrogen-bond acceptors (Lipinski definition) is 3. The molecule has 1 rings (SSSR count). The highest BCUT2D eigenvalue weighted by atomic mass is 32.2. The first-order valence-electron chi connectivity index (χ1n) is 4.29. The standard InChI is InChI=1S/C10H10FNO3S/c1-16(14,15)12-10-5-4-9(11)7-8(10)3-2-6-13/h4-5,7,12-13H,6H2,1H3. The summed E-state index contributed by atoms with van der Waals surface area (Å²) in [7, 11) is -3.44. The van der Waals surface area contributed by atoms with Gasteiger partial charge in [0.15, 0.2) is 0 Å². The largest absolute Gasteiger partial charge is 0.384 e.